The molecule has 1 heterocycles. The highest BCUT2D eigenvalue weighted by Gasteiger charge is 2.19. The van der Waals surface area contributed by atoms with E-state index < -0.39 is 15.9 Å². The highest BCUT2D eigenvalue weighted by molar-refractivity contribution is 7.89. The quantitative estimate of drug-likeness (QED) is 0.712. The van der Waals surface area contributed by atoms with Crippen molar-refractivity contribution in [3.05, 3.63) is 34.8 Å². The third kappa shape index (κ3) is 5.09. The summed E-state index contributed by atoms with van der Waals surface area (Å²) in [6.45, 7) is 7.65. The third-order valence-corrected chi connectivity index (χ3v) is 6.45. The number of sulfonamides is 1. The van der Waals surface area contributed by atoms with E-state index in [0.29, 0.717) is 11.0 Å². The average Bonchev–Trinajstić information content (AvgIpc) is 3.03. The largest absolute Gasteiger partial charge is 0.296 e. The van der Waals surface area contributed by atoms with Crippen LogP contribution >= 0.6 is 11.3 Å². The normalized spacial score (nSPS) is 11.9. The zero-order chi connectivity index (χ0) is 19.3. The van der Waals surface area contributed by atoms with Crippen LogP contribution in [0.15, 0.2) is 29.2 Å². The molecule has 1 aromatic carbocycles. The molecule has 0 aliphatic heterocycles. The number of carbonyl (C=O) groups excluding carboxylic acids is 1. The predicted molar refractivity (Wildman–Crippen MR) is 103 cm³/mol. The summed E-state index contributed by atoms with van der Waals surface area (Å²) in [6, 6.07) is 5.68. The van der Waals surface area contributed by atoms with Crippen LogP contribution in [0.3, 0.4) is 0 Å². The first-order valence-corrected chi connectivity index (χ1v) is 10.8. The number of anilines is 1. The molecule has 0 aliphatic carbocycles. The van der Waals surface area contributed by atoms with Gasteiger partial charge in [-0.1, -0.05) is 31.3 Å². The van der Waals surface area contributed by atoms with Gasteiger partial charge < -0.3 is 0 Å². The molecule has 0 atom stereocenters. The summed E-state index contributed by atoms with van der Waals surface area (Å²) in [7, 11) is -3.66. The molecular formula is C17H24N4O3S2. The van der Waals surface area contributed by atoms with Crippen LogP contribution in [0.1, 0.15) is 61.8 Å². The van der Waals surface area contributed by atoms with Gasteiger partial charge in [0.1, 0.15) is 5.01 Å². The third-order valence-electron chi connectivity index (χ3n) is 3.79. The SMILES string of the molecule is CCC(CC)c1nnc(NC(=O)c2cccc(S(=O)(=O)NC(C)C)c2)s1. The van der Waals surface area contributed by atoms with Crippen molar-refractivity contribution in [2.24, 2.45) is 0 Å². The molecule has 1 amide bonds. The van der Waals surface area contributed by atoms with Crippen LogP contribution in [-0.2, 0) is 10.0 Å². The van der Waals surface area contributed by atoms with Crippen LogP contribution in [0.5, 0.6) is 0 Å². The second kappa shape index (κ2) is 8.70. The van der Waals surface area contributed by atoms with Crippen molar-refractivity contribution in [2.75, 3.05) is 5.32 Å². The van der Waals surface area contributed by atoms with Gasteiger partial charge in [0.15, 0.2) is 0 Å². The van der Waals surface area contributed by atoms with Gasteiger partial charge in [-0.15, -0.1) is 10.2 Å². The maximum atomic E-state index is 12.4. The van der Waals surface area contributed by atoms with E-state index in [4.69, 9.17) is 0 Å². The van der Waals surface area contributed by atoms with E-state index in [1.54, 1.807) is 26.0 Å². The van der Waals surface area contributed by atoms with Crippen molar-refractivity contribution in [1.82, 2.24) is 14.9 Å². The molecule has 0 aliphatic rings. The van der Waals surface area contributed by atoms with Gasteiger partial charge in [0.25, 0.3) is 5.91 Å². The number of rotatable bonds is 8. The van der Waals surface area contributed by atoms with Gasteiger partial charge in [-0.25, -0.2) is 13.1 Å². The van der Waals surface area contributed by atoms with Crippen LogP contribution in [-0.4, -0.2) is 30.6 Å². The number of amides is 1. The highest BCUT2D eigenvalue weighted by atomic mass is 32.2. The molecular weight excluding hydrogens is 372 g/mol. The van der Waals surface area contributed by atoms with Crippen molar-refractivity contribution in [3.8, 4) is 0 Å². The summed E-state index contributed by atoms with van der Waals surface area (Å²) in [6.07, 6.45) is 1.92. The van der Waals surface area contributed by atoms with E-state index in [9.17, 15) is 13.2 Å². The molecule has 26 heavy (non-hydrogen) atoms. The molecule has 142 valence electrons. The van der Waals surface area contributed by atoms with Crippen molar-refractivity contribution in [1.29, 1.82) is 0 Å². The van der Waals surface area contributed by atoms with E-state index in [0.717, 1.165) is 17.8 Å². The standard InChI is InChI=1S/C17H24N4O3S2/c1-5-12(6-2)16-19-20-17(25-16)18-15(22)13-8-7-9-14(10-13)26(23,24)21-11(3)4/h7-12,21H,5-6H2,1-4H3,(H,18,20,22). The Bertz CT molecular complexity index is 858. The molecule has 2 rings (SSSR count). The molecule has 0 spiro atoms. The zero-order valence-electron chi connectivity index (χ0n) is 15.3. The van der Waals surface area contributed by atoms with E-state index >= 15 is 0 Å². The first-order chi connectivity index (χ1) is 12.3. The van der Waals surface area contributed by atoms with Crippen LogP contribution in [0.2, 0.25) is 0 Å². The Balaban J connectivity index is 2.17. The summed E-state index contributed by atoms with van der Waals surface area (Å²) in [5.74, 6) is -0.0902. The second-order valence-corrected chi connectivity index (χ2v) is 8.94. The molecule has 0 bridgehead atoms. The lowest BCUT2D eigenvalue weighted by molar-refractivity contribution is 0.102. The molecule has 1 aromatic heterocycles. The van der Waals surface area contributed by atoms with E-state index in [-0.39, 0.29) is 16.5 Å². The minimum absolute atomic E-state index is 0.0498. The van der Waals surface area contributed by atoms with Crippen LogP contribution in [0.4, 0.5) is 5.13 Å². The predicted octanol–water partition coefficient (Wildman–Crippen LogP) is 3.38. The zero-order valence-corrected chi connectivity index (χ0v) is 16.9. The average molecular weight is 397 g/mol. The molecule has 7 nitrogen and oxygen atoms in total. The Morgan fingerprint density at radius 3 is 2.50 bits per heavy atom. The lowest BCUT2D eigenvalue weighted by atomic mass is 10.1. The summed E-state index contributed by atoms with van der Waals surface area (Å²) >= 11 is 1.35. The van der Waals surface area contributed by atoms with Crippen LogP contribution in [0, 0.1) is 0 Å². The van der Waals surface area contributed by atoms with Gasteiger partial charge in [0, 0.05) is 17.5 Å². The Hall–Kier alpha value is -1.84. The summed E-state index contributed by atoms with van der Waals surface area (Å²) < 4.78 is 27.0. The lowest BCUT2D eigenvalue weighted by Gasteiger charge is -2.10. The topological polar surface area (TPSA) is 101 Å². The molecule has 9 heteroatoms. The van der Waals surface area contributed by atoms with Crippen molar-refractivity contribution < 1.29 is 13.2 Å². The number of aromatic nitrogens is 2. The molecule has 0 saturated heterocycles. The number of hydrogen-bond acceptors (Lipinski definition) is 6. The number of hydrogen-bond donors (Lipinski definition) is 2. The van der Waals surface area contributed by atoms with Gasteiger partial charge in [0.2, 0.25) is 15.2 Å². The lowest BCUT2D eigenvalue weighted by Crippen LogP contribution is -2.30. The Labute approximate surface area is 158 Å². The Morgan fingerprint density at radius 2 is 1.88 bits per heavy atom. The monoisotopic (exact) mass is 396 g/mol. The molecule has 0 radical (unpaired) electrons. The highest BCUT2D eigenvalue weighted by Crippen LogP contribution is 2.28. The first-order valence-electron chi connectivity index (χ1n) is 8.54. The van der Waals surface area contributed by atoms with Gasteiger partial charge in [0.05, 0.1) is 4.90 Å². The Kier molecular flexibility index (Phi) is 6.85. The number of nitrogens with zero attached hydrogens (tertiary/aromatic N) is 2. The fourth-order valence-electron chi connectivity index (χ4n) is 2.44. The fourth-order valence-corrected chi connectivity index (χ4v) is 4.74. The Morgan fingerprint density at radius 1 is 1.19 bits per heavy atom. The van der Waals surface area contributed by atoms with Crippen molar-refractivity contribution >= 4 is 32.4 Å². The van der Waals surface area contributed by atoms with Crippen molar-refractivity contribution in [2.45, 2.75) is 57.4 Å². The molecule has 2 N–H and O–H groups in total. The van der Waals surface area contributed by atoms with E-state index in [1.165, 1.54) is 23.5 Å². The summed E-state index contributed by atoms with van der Waals surface area (Å²) in [5, 5.41) is 12.1. The smallest absolute Gasteiger partial charge is 0.257 e. The molecule has 2 aromatic rings. The van der Waals surface area contributed by atoms with Gasteiger partial charge in [-0.2, -0.15) is 0 Å². The minimum atomic E-state index is -3.66. The van der Waals surface area contributed by atoms with Gasteiger partial charge >= 0.3 is 0 Å². The minimum Gasteiger partial charge on any atom is -0.296 e. The molecule has 0 saturated carbocycles. The molecule has 0 unspecified atom stereocenters. The van der Waals surface area contributed by atoms with Gasteiger partial charge in [-0.05, 0) is 44.9 Å². The fraction of sp³-hybridized carbons (Fsp3) is 0.471. The van der Waals surface area contributed by atoms with Crippen LogP contribution in [0.25, 0.3) is 0 Å². The number of nitrogens with one attached hydrogen (secondary N) is 2. The number of carbonyl (C=O) groups is 1. The molecule has 0 fully saturated rings. The second-order valence-electron chi connectivity index (χ2n) is 6.22. The number of benzene rings is 1. The maximum absolute atomic E-state index is 12.4. The van der Waals surface area contributed by atoms with E-state index in [1.807, 2.05) is 0 Å². The van der Waals surface area contributed by atoms with Crippen molar-refractivity contribution in [3.63, 3.8) is 0 Å². The van der Waals surface area contributed by atoms with Crippen LogP contribution < -0.4 is 10.0 Å². The first kappa shape index (κ1) is 20.5. The summed E-state index contributed by atoms with van der Waals surface area (Å²) in [5.41, 5.74) is 0.246. The maximum Gasteiger partial charge on any atom is 0.257 e. The van der Waals surface area contributed by atoms with Gasteiger partial charge in [-0.3, -0.25) is 10.1 Å². The van der Waals surface area contributed by atoms with E-state index in [2.05, 4.69) is 34.1 Å². The summed E-state index contributed by atoms with van der Waals surface area (Å²) in [4.78, 5) is 12.5.